The number of carbonyl (C=O) groups is 3. The molecule has 2 N–H and O–H groups in total. The molecular weight excluding hydrogens is 897 g/mol. The maximum Gasteiger partial charge on any atom is 0.408 e. The van der Waals surface area contributed by atoms with Gasteiger partial charge in [-0.1, -0.05) is 31.8 Å². The first-order valence-corrected chi connectivity index (χ1v) is 25.4. The molecule has 5 aliphatic rings. The van der Waals surface area contributed by atoms with E-state index in [4.69, 9.17) is 33.7 Å². The van der Waals surface area contributed by atoms with Crippen molar-refractivity contribution in [2.24, 2.45) is 11.3 Å². The third-order valence-corrected chi connectivity index (χ3v) is 14.7. The number of rotatable bonds is 16. The third-order valence-electron chi connectivity index (χ3n) is 13.7. The number of hydrogen-bond donors (Lipinski definition) is 2. The van der Waals surface area contributed by atoms with Crippen LogP contribution in [0.3, 0.4) is 0 Å². The van der Waals surface area contributed by atoms with Crippen LogP contribution in [0.5, 0.6) is 0 Å². The van der Waals surface area contributed by atoms with Crippen LogP contribution in [0.15, 0.2) is 35.8 Å². The van der Waals surface area contributed by atoms with Gasteiger partial charge in [-0.25, -0.2) is 15.2 Å². The van der Waals surface area contributed by atoms with Gasteiger partial charge in [0.05, 0.1) is 68.3 Å². The van der Waals surface area contributed by atoms with Crippen LogP contribution in [0, 0.1) is 23.2 Å². The van der Waals surface area contributed by atoms with Gasteiger partial charge in [0.15, 0.2) is 0 Å². The van der Waals surface area contributed by atoms with Crippen LogP contribution in [-0.2, 0) is 46.2 Å². The maximum absolute atomic E-state index is 14.8. The summed E-state index contributed by atoms with van der Waals surface area (Å²) < 4.78 is 30.9. The first kappa shape index (κ1) is 50.5. The van der Waals surface area contributed by atoms with Crippen LogP contribution >= 0.6 is 11.3 Å². The number of benzene rings is 1. The number of ether oxygens (including phenoxy) is 5. The van der Waals surface area contributed by atoms with Gasteiger partial charge in [0.25, 0.3) is 12.4 Å². The van der Waals surface area contributed by atoms with Crippen LogP contribution in [0.4, 0.5) is 4.79 Å². The average molecular weight is 967 g/mol. The largest absolute Gasteiger partial charge is 0.467 e. The molecule has 5 fully saturated rings. The molecule has 2 amide bonds. The van der Waals surface area contributed by atoms with Gasteiger partial charge in [0, 0.05) is 97.0 Å². The molecule has 16 nitrogen and oxygen atoms in total. The lowest BCUT2D eigenvalue weighted by molar-refractivity contribution is -0.152. The molecule has 4 saturated heterocycles. The van der Waals surface area contributed by atoms with Gasteiger partial charge >= 0.3 is 6.09 Å². The number of nitrogens with zero attached hydrogens (tertiary/aromatic N) is 6. The predicted molar refractivity (Wildman–Crippen MR) is 265 cm³/mol. The van der Waals surface area contributed by atoms with Gasteiger partial charge in [-0.3, -0.25) is 29.4 Å². The SMILES string of the molecule is CCn1c(-c2cc(C#C[C@@H](C)N3CCOCC3)cnc2[C@H](C)OC)c(CC(C)(C)COC=O)c2cc(-c3csc([C@H]([C@H](NC(=O)OC(C)(C)C)C(=O)N4NCC5CC4C5)N4CCOCC4)n3)ccc21. The molecule has 17 heteroatoms. The summed E-state index contributed by atoms with van der Waals surface area (Å²) in [6.07, 6.45) is 3.30. The predicted octanol–water partition coefficient (Wildman–Crippen LogP) is 6.76. The molecule has 1 saturated carbocycles. The highest BCUT2D eigenvalue weighted by Gasteiger charge is 2.47. The number of methoxy groups -OCH3 is 1. The first-order valence-electron chi connectivity index (χ1n) is 24.5. The third kappa shape index (κ3) is 11.5. The highest BCUT2D eigenvalue weighted by molar-refractivity contribution is 7.10. The maximum atomic E-state index is 14.8. The normalized spacial score (nSPS) is 20.8. The van der Waals surface area contributed by atoms with Gasteiger partial charge < -0.3 is 33.6 Å². The van der Waals surface area contributed by atoms with E-state index in [9.17, 15) is 14.4 Å². The standard InChI is InChI=1S/C52H70N8O8S/c1-10-59-43-14-13-37(42-30-69-48(55-42)47(58-17-21-66-22-18-58)45(56-50(63)68-51(4,5)6)49(62)60-38-23-36(24-38)29-54-60)26-39(43)41(27-52(7,8)31-67-32-61)46(59)40-25-35(28-53-44(40)34(3)64-9)12-11-33(2)57-15-19-65-20-16-57/h13-14,25-26,28,30,32-34,36,38,45,47,54H,10,15-24,27,29,31H2,1-9H3,(H,56,63)/t33-,34+,36?,38?,45+,47+/m1/s1. The quantitative estimate of drug-likeness (QED) is 0.0897. The highest BCUT2D eigenvalue weighted by Crippen LogP contribution is 2.43. The van der Waals surface area contributed by atoms with Crippen molar-refractivity contribution >= 4 is 40.7 Å². The van der Waals surface area contributed by atoms with E-state index < -0.39 is 29.2 Å². The summed E-state index contributed by atoms with van der Waals surface area (Å²) in [6, 6.07) is 7.11. The van der Waals surface area contributed by atoms with Crippen molar-refractivity contribution in [1.29, 1.82) is 0 Å². The smallest absolute Gasteiger partial charge is 0.408 e. The zero-order chi connectivity index (χ0) is 49.0. The van der Waals surface area contributed by atoms with Gasteiger partial charge in [-0.15, -0.1) is 11.3 Å². The first-order chi connectivity index (χ1) is 33.1. The number of morpholine rings is 2. The lowest BCUT2D eigenvalue weighted by Crippen LogP contribution is -2.67. The molecule has 0 unspecified atom stereocenters. The molecule has 7 heterocycles. The molecule has 3 aromatic heterocycles. The topological polar surface area (TPSA) is 162 Å². The van der Waals surface area contributed by atoms with E-state index in [1.165, 1.54) is 11.3 Å². The summed E-state index contributed by atoms with van der Waals surface area (Å²) in [4.78, 5) is 54.9. The number of fused-ring (bicyclic) bond motifs is 3. The Hall–Kier alpha value is -4.93. The number of nitrogens with one attached hydrogen (secondary N) is 2. The number of aromatic nitrogens is 3. The summed E-state index contributed by atoms with van der Waals surface area (Å²) in [5, 5.41) is 8.54. The molecule has 372 valence electrons. The zero-order valence-corrected chi connectivity index (χ0v) is 42.6. The highest BCUT2D eigenvalue weighted by atomic mass is 32.1. The lowest BCUT2D eigenvalue weighted by Gasteiger charge is -2.50. The monoisotopic (exact) mass is 967 g/mol. The fourth-order valence-electron chi connectivity index (χ4n) is 10.1. The second-order valence-electron chi connectivity index (χ2n) is 20.5. The number of carbonyl (C=O) groups excluding carboxylic acids is 3. The fourth-order valence-corrected chi connectivity index (χ4v) is 11.1. The number of hydrogen-bond acceptors (Lipinski definition) is 14. The second kappa shape index (κ2) is 21.6. The molecule has 1 aliphatic carbocycles. The van der Waals surface area contributed by atoms with Gasteiger partial charge in [0.2, 0.25) is 0 Å². The van der Waals surface area contributed by atoms with Crippen LogP contribution in [0.25, 0.3) is 33.4 Å². The van der Waals surface area contributed by atoms with Gasteiger partial charge in [0.1, 0.15) is 16.7 Å². The van der Waals surface area contributed by atoms with Gasteiger partial charge in [-0.05, 0) is 90.5 Å². The lowest BCUT2D eigenvalue weighted by atomic mass is 9.78. The summed E-state index contributed by atoms with van der Waals surface area (Å²) >= 11 is 1.48. The Labute approximate surface area is 410 Å². The van der Waals surface area contributed by atoms with E-state index >= 15 is 0 Å². The van der Waals surface area contributed by atoms with Crippen molar-refractivity contribution in [3.8, 4) is 34.4 Å². The molecule has 1 aromatic carbocycles. The fraction of sp³-hybridized carbons (Fsp3) is 0.596. The Bertz CT molecular complexity index is 2520. The van der Waals surface area contributed by atoms with E-state index in [2.05, 4.69) is 88.9 Å². The number of aryl methyl sites for hydroxylation is 1. The van der Waals surface area contributed by atoms with Crippen LogP contribution < -0.4 is 10.7 Å². The van der Waals surface area contributed by atoms with E-state index in [1.807, 2.05) is 39.3 Å². The second-order valence-corrected chi connectivity index (χ2v) is 21.4. The Morgan fingerprint density at radius 1 is 1.03 bits per heavy atom. The van der Waals surface area contributed by atoms with E-state index in [1.54, 1.807) is 12.1 Å². The molecule has 4 aliphatic heterocycles. The molecule has 4 aromatic rings. The molecule has 69 heavy (non-hydrogen) atoms. The molecule has 2 bridgehead atoms. The van der Waals surface area contributed by atoms with Crippen molar-refractivity contribution in [1.82, 2.24) is 40.1 Å². The van der Waals surface area contributed by atoms with Crippen molar-refractivity contribution in [3.05, 3.63) is 57.7 Å². The number of amides is 2. The Morgan fingerprint density at radius 2 is 1.74 bits per heavy atom. The number of pyridine rings is 1. The van der Waals surface area contributed by atoms with Crippen LogP contribution in [0.1, 0.15) is 102 Å². The summed E-state index contributed by atoms with van der Waals surface area (Å²) in [7, 11) is 1.70. The van der Waals surface area contributed by atoms with Crippen LogP contribution in [-0.4, -0.2) is 144 Å². The number of hydrazine groups is 1. The minimum atomic E-state index is -0.993. The number of thiazole rings is 1. The molecular formula is C52H70N8O8S. The van der Waals surface area contributed by atoms with Crippen molar-refractivity contribution in [3.63, 3.8) is 0 Å². The Kier molecular flexibility index (Phi) is 15.8. The summed E-state index contributed by atoms with van der Waals surface area (Å²) in [5.41, 5.74) is 9.42. The van der Waals surface area contributed by atoms with Crippen LogP contribution in [0.2, 0.25) is 0 Å². The van der Waals surface area contributed by atoms with E-state index in [0.29, 0.717) is 69.9 Å². The van der Waals surface area contributed by atoms with E-state index in [-0.39, 0.29) is 30.7 Å². The molecule has 0 radical (unpaired) electrons. The minimum Gasteiger partial charge on any atom is -0.467 e. The minimum absolute atomic E-state index is 0.0461. The van der Waals surface area contributed by atoms with E-state index in [0.717, 1.165) is 82.7 Å². The molecule has 4 atom stereocenters. The zero-order valence-electron chi connectivity index (χ0n) is 41.8. The Balaban J connectivity index is 1.23. The van der Waals surface area contributed by atoms with Gasteiger partial charge in [-0.2, -0.15) is 0 Å². The van der Waals surface area contributed by atoms with Crippen molar-refractivity contribution in [2.45, 2.75) is 117 Å². The van der Waals surface area contributed by atoms with Crippen molar-refractivity contribution < 1.29 is 38.1 Å². The Morgan fingerprint density at radius 3 is 2.38 bits per heavy atom. The summed E-state index contributed by atoms with van der Waals surface area (Å²) in [6.45, 7) is 23.2. The average Bonchev–Trinajstić information content (AvgIpc) is 3.94. The summed E-state index contributed by atoms with van der Waals surface area (Å²) in [5.74, 6) is 7.27. The molecule has 0 spiro atoms. The number of alkyl carbamates (subject to hydrolysis) is 1. The van der Waals surface area contributed by atoms with Crippen molar-refractivity contribution in [2.75, 3.05) is 72.9 Å². The molecule has 9 rings (SSSR count).